The lowest BCUT2D eigenvalue weighted by atomic mass is 9.76. The number of Topliss-reactive ketones (excluding diaryl/α,β-unsaturated/α-hetero) is 1. The van der Waals surface area contributed by atoms with Crippen LogP contribution in [-0.2, 0) is 18.8 Å². The summed E-state index contributed by atoms with van der Waals surface area (Å²) in [6, 6.07) is 2.29. The molecule has 9 heteroatoms. The van der Waals surface area contributed by atoms with E-state index >= 15 is 0 Å². The number of nitrogens with one attached hydrogen (secondary N) is 1. The highest BCUT2D eigenvalue weighted by Gasteiger charge is 2.51. The standard InChI is InChI=1S/C16H27N3O5Si/c1-6-25(7-2,8-3)24-10(5)11-12(18-15(11)21)9(4)14(20)13(19-17)16(22)23/h9-12H,6-8H2,1-5H3,(H,18,21)(H,22,23)/t9-,10-,11-,12-/m1/s1. The number of carboxylic acid groups (broad SMARTS) is 1. The summed E-state index contributed by atoms with van der Waals surface area (Å²) in [6.45, 7) is 9.62. The van der Waals surface area contributed by atoms with Gasteiger partial charge in [0, 0.05) is 5.92 Å². The summed E-state index contributed by atoms with van der Waals surface area (Å²) < 4.78 is 6.33. The summed E-state index contributed by atoms with van der Waals surface area (Å²) in [7, 11) is -1.92. The minimum absolute atomic E-state index is 0.207. The number of β-lactam (4-membered cyclic amide) rings is 1. The number of hydrogen-bond donors (Lipinski definition) is 2. The van der Waals surface area contributed by atoms with Crippen LogP contribution in [0.25, 0.3) is 5.53 Å². The van der Waals surface area contributed by atoms with Crippen molar-refractivity contribution in [1.82, 2.24) is 5.32 Å². The van der Waals surface area contributed by atoms with E-state index in [0.29, 0.717) is 0 Å². The zero-order valence-corrected chi connectivity index (χ0v) is 16.4. The highest BCUT2D eigenvalue weighted by atomic mass is 28.4. The van der Waals surface area contributed by atoms with Crippen molar-refractivity contribution in [1.29, 1.82) is 0 Å². The predicted molar refractivity (Wildman–Crippen MR) is 93.6 cm³/mol. The van der Waals surface area contributed by atoms with Crippen LogP contribution in [0.15, 0.2) is 0 Å². The van der Waals surface area contributed by atoms with Gasteiger partial charge in [-0.2, -0.15) is 4.79 Å². The average molecular weight is 369 g/mol. The monoisotopic (exact) mass is 369 g/mol. The SMILES string of the molecule is CC[Si](CC)(CC)O[C@H](C)[C@H]1C(=O)N[C@@H]1[C@@H](C)C(=O)C(=[N+]=[N-])C(=O)O. The number of rotatable bonds is 10. The van der Waals surface area contributed by atoms with Crippen LogP contribution < -0.4 is 5.32 Å². The number of carbonyl (C=O) groups excluding carboxylic acids is 2. The highest BCUT2D eigenvalue weighted by molar-refractivity contribution is 6.73. The van der Waals surface area contributed by atoms with E-state index in [1.807, 2.05) is 6.92 Å². The van der Waals surface area contributed by atoms with E-state index in [1.54, 1.807) is 0 Å². The van der Waals surface area contributed by atoms with Gasteiger partial charge in [-0.1, -0.05) is 27.7 Å². The molecule has 1 rings (SSSR count). The smallest absolute Gasteiger partial charge is 0.441 e. The topological polar surface area (TPSA) is 129 Å². The van der Waals surface area contributed by atoms with Gasteiger partial charge in [0.05, 0.1) is 18.1 Å². The molecule has 25 heavy (non-hydrogen) atoms. The van der Waals surface area contributed by atoms with E-state index in [2.05, 4.69) is 30.9 Å². The molecule has 0 saturated carbocycles. The fraction of sp³-hybridized carbons (Fsp3) is 0.750. The molecule has 1 amide bonds. The number of nitrogens with zero attached hydrogens (tertiary/aromatic N) is 2. The van der Waals surface area contributed by atoms with E-state index in [0.717, 1.165) is 18.1 Å². The summed E-state index contributed by atoms with van der Waals surface area (Å²) in [5.41, 5.74) is 7.81. The molecule has 1 aliphatic rings. The molecule has 0 bridgehead atoms. The zero-order valence-electron chi connectivity index (χ0n) is 15.4. The fourth-order valence-electron chi connectivity index (χ4n) is 3.40. The van der Waals surface area contributed by atoms with Crippen molar-refractivity contribution >= 4 is 31.7 Å². The lowest BCUT2D eigenvalue weighted by Crippen LogP contribution is -2.67. The molecule has 140 valence electrons. The maximum absolute atomic E-state index is 12.2. The molecule has 2 N–H and O–H groups in total. The summed E-state index contributed by atoms with van der Waals surface area (Å²) >= 11 is 0. The van der Waals surface area contributed by atoms with Crippen LogP contribution in [0.5, 0.6) is 0 Å². The molecule has 1 heterocycles. The van der Waals surface area contributed by atoms with Crippen molar-refractivity contribution in [2.45, 2.75) is 64.9 Å². The molecule has 0 radical (unpaired) electrons. The van der Waals surface area contributed by atoms with Gasteiger partial charge >= 0.3 is 11.7 Å². The molecular formula is C16H27N3O5Si. The van der Waals surface area contributed by atoms with Gasteiger partial charge in [-0.15, -0.1) is 0 Å². The van der Waals surface area contributed by atoms with Crippen molar-refractivity contribution in [3.63, 3.8) is 0 Å². The van der Waals surface area contributed by atoms with Gasteiger partial charge in [0.2, 0.25) is 5.91 Å². The van der Waals surface area contributed by atoms with E-state index in [9.17, 15) is 14.4 Å². The Morgan fingerprint density at radius 2 is 1.80 bits per heavy atom. The summed E-state index contributed by atoms with van der Waals surface area (Å²) in [4.78, 5) is 37.8. The van der Waals surface area contributed by atoms with Gasteiger partial charge in [0.25, 0.3) is 5.78 Å². The van der Waals surface area contributed by atoms with Crippen LogP contribution >= 0.6 is 0 Å². The molecule has 8 nitrogen and oxygen atoms in total. The Labute approximate surface area is 148 Å². The third kappa shape index (κ3) is 4.23. The maximum atomic E-state index is 12.2. The molecule has 4 atom stereocenters. The summed E-state index contributed by atoms with van der Waals surface area (Å²) in [5, 5.41) is 11.6. The second kappa shape index (κ2) is 8.51. The molecule has 1 fully saturated rings. The number of amides is 1. The molecular weight excluding hydrogens is 342 g/mol. The van der Waals surface area contributed by atoms with Crippen molar-refractivity contribution in [3.8, 4) is 0 Å². The van der Waals surface area contributed by atoms with E-state index < -0.39 is 43.7 Å². The fourth-order valence-corrected chi connectivity index (χ4v) is 6.34. The number of carbonyl (C=O) groups is 3. The van der Waals surface area contributed by atoms with Crippen LogP contribution in [-0.4, -0.2) is 53.7 Å². The Hall–Kier alpha value is -1.83. The van der Waals surface area contributed by atoms with E-state index in [4.69, 9.17) is 15.1 Å². The quantitative estimate of drug-likeness (QED) is 0.150. The first-order valence-corrected chi connectivity index (χ1v) is 11.2. The third-order valence-electron chi connectivity index (χ3n) is 5.36. The minimum Gasteiger partial charge on any atom is -0.472 e. The van der Waals surface area contributed by atoms with Gasteiger partial charge in [-0.05, 0) is 25.1 Å². The predicted octanol–water partition coefficient (Wildman–Crippen LogP) is 1.47. The molecule has 0 aromatic rings. The highest BCUT2D eigenvalue weighted by Crippen LogP contribution is 2.32. The number of ketones is 1. The van der Waals surface area contributed by atoms with Gasteiger partial charge in [0.1, 0.15) is 0 Å². The Bertz CT molecular complexity index is 590. The lowest BCUT2D eigenvalue weighted by Gasteiger charge is -2.45. The Morgan fingerprint density at radius 3 is 2.16 bits per heavy atom. The minimum atomic E-state index is -1.92. The van der Waals surface area contributed by atoms with Crippen LogP contribution in [0.1, 0.15) is 34.6 Å². The van der Waals surface area contributed by atoms with Crippen molar-refractivity contribution in [3.05, 3.63) is 5.53 Å². The second-order valence-corrected chi connectivity index (χ2v) is 11.3. The third-order valence-corrected chi connectivity index (χ3v) is 10.1. The van der Waals surface area contributed by atoms with Crippen molar-refractivity contribution in [2.75, 3.05) is 0 Å². The molecule has 0 unspecified atom stereocenters. The van der Waals surface area contributed by atoms with Gasteiger partial charge in [-0.3, -0.25) is 9.59 Å². The summed E-state index contributed by atoms with van der Waals surface area (Å²) in [5.74, 6) is -3.97. The largest absolute Gasteiger partial charge is 0.472 e. The molecule has 1 aliphatic heterocycles. The van der Waals surface area contributed by atoms with Crippen LogP contribution in [0.3, 0.4) is 0 Å². The number of aliphatic carboxylic acids is 1. The van der Waals surface area contributed by atoms with Gasteiger partial charge in [-0.25, -0.2) is 4.79 Å². The Balaban J connectivity index is 2.94. The van der Waals surface area contributed by atoms with Gasteiger partial charge < -0.3 is 20.4 Å². The normalized spacial score (nSPS) is 22.2. The van der Waals surface area contributed by atoms with Crippen LogP contribution in [0.2, 0.25) is 18.1 Å². The first kappa shape index (κ1) is 21.2. The summed E-state index contributed by atoms with van der Waals surface area (Å²) in [6.07, 6.45) is -0.361. The molecule has 0 spiro atoms. The lowest BCUT2D eigenvalue weighted by molar-refractivity contribution is -0.144. The van der Waals surface area contributed by atoms with E-state index in [1.165, 1.54) is 6.92 Å². The van der Waals surface area contributed by atoms with Gasteiger partial charge in [0.15, 0.2) is 8.32 Å². The average Bonchev–Trinajstić information content (AvgIpc) is 2.57. The first-order chi connectivity index (χ1) is 11.7. The van der Waals surface area contributed by atoms with Crippen LogP contribution in [0, 0.1) is 11.8 Å². The first-order valence-electron chi connectivity index (χ1n) is 8.65. The van der Waals surface area contributed by atoms with Crippen LogP contribution in [0.4, 0.5) is 0 Å². The second-order valence-electron chi connectivity index (χ2n) is 6.53. The molecule has 1 saturated heterocycles. The molecule has 0 aromatic carbocycles. The number of carboxylic acids is 1. The molecule has 0 aromatic heterocycles. The van der Waals surface area contributed by atoms with Crippen molar-refractivity contribution in [2.24, 2.45) is 11.8 Å². The molecule has 0 aliphatic carbocycles. The van der Waals surface area contributed by atoms with E-state index in [-0.39, 0.29) is 12.0 Å². The Morgan fingerprint density at radius 1 is 1.28 bits per heavy atom. The zero-order chi connectivity index (χ0) is 19.4. The Kier molecular flexibility index (Phi) is 7.22. The van der Waals surface area contributed by atoms with Crippen molar-refractivity contribution < 1.29 is 28.7 Å². The maximum Gasteiger partial charge on any atom is 0.441 e. The number of hydrogen-bond acceptors (Lipinski definition) is 4.